The number of hydrogen-bond acceptors (Lipinski definition) is 9. The minimum Gasteiger partial charge on any atom is -0.490 e. The summed E-state index contributed by atoms with van der Waals surface area (Å²) in [6, 6.07) is 11.7. The molecule has 0 spiro atoms. The van der Waals surface area contributed by atoms with Gasteiger partial charge >= 0.3 is 0 Å². The van der Waals surface area contributed by atoms with E-state index in [0.29, 0.717) is 48.1 Å². The van der Waals surface area contributed by atoms with Crippen LogP contribution in [0.15, 0.2) is 41.5 Å². The Morgan fingerprint density at radius 2 is 1.68 bits per heavy atom. The Bertz CT molecular complexity index is 1220. The first-order valence-electron chi connectivity index (χ1n) is 12.6. The number of anilines is 3. The maximum Gasteiger partial charge on any atom is 0.228 e. The zero-order chi connectivity index (χ0) is 27.7. The molecule has 204 valence electrons. The summed E-state index contributed by atoms with van der Waals surface area (Å²) in [5.74, 6) is 3.76. The predicted octanol–water partition coefficient (Wildman–Crippen LogP) is 5.44. The Morgan fingerprint density at radius 3 is 2.37 bits per heavy atom. The highest BCUT2D eigenvalue weighted by atomic mass is 35.5. The van der Waals surface area contributed by atoms with E-state index in [0.717, 1.165) is 23.6 Å². The molecule has 9 nitrogen and oxygen atoms in total. The summed E-state index contributed by atoms with van der Waals surface area (Å²) < 4.78 is 17.7. The molecule has 10 heteroatoms. The summed E-state index contributed by atoms with van der Waals surface area (Å²) in [6.45, 7) is 7.26. The lowest BCUT2D eigenvalue weighted by atomic mass is 10.1. The molecule has 0 radical (unpaired) electrons. The number of rotatable bonds is 13. The second kappa shape index (κ2) is 13.7. The monoisotopic (exact) mass is 540 g/mol. The number of ether oxygens (including phenoxy) is 3. The third kappa shape index (κ3) is 8.14. The number of aryl methyl sites for hydroxylation is 2. The van der Waals surface area contributed by atoms with Crippen molar-refractivity contribution in [2.75, 3.05) is 63.2 Å². The summed E-state index contributed by atoms with van der Waals surface area (Å²) in [5, 5.41) is 4.76. The standard InChI is InChI=1S/C28H37ClN6O3/c1-8-20-12-19(3)13-22(14-20)37-10-11-38-27-23(29)15-21(16-24(27)36-9-2)18-30-33-25-17-26(34(4)5)32-28(31-25)35(6)7/h12-18H,8-11H2,1-7H3,(H,31,32,33)/b30-18-. The van der Waals surface area contributed by atoms with Crippen molar-refractivity contribution in [2.45, 2.75) is 27.2 Å². The van der Waals surface area contributed by atoms with Crippen LogP contribution in [0.2, 0.25) is 5.02 Å². The molecular formula is C28H37ClN6O3. The van der Waals surface area contributed by atoms with E-state index in [4.69, 9.17) is 25.8 Å². The minimum absolute atomic E-state index is 0.320. The number of hydrogen-bond donors (Lipinski definition) is 1. The number of hydrazone groups is 1. The van der Waals surface area contributed by atoms with Crippen LogP contribution in [-0.2, 0) is 6.42 Å². The molecule has 1 heterocycles. The normalized spacial score (nSPS) is 10.9. The van der Waals surface area contributed by atoms with Gasteiger partial charge in [-0.05, 0) is 61.2 Å². The summed E-state index contributed by atoms with van der Waals surface area (Å²) in [6.07, 6.45) is 2.61. The number of nitrogens with zero attached hydrogens (tertiary/aromatic N) is 5. The van der Waals surface area contributed by atoms with Gasteiger partial charge in [0.2, 0.25) is 5.95 Å². The zero-order valence-corrected chi connectivity index (χ0v) is 24.0. The van der Waals surface area contributed by atoms with Gasteiger partial charge in [-0.25, -0.2) is 0 Å². The fourth-order valence-electron chi connectivity index (χ4n) is 3.56. The first-order chi connectivity index (χ1) is 18.2. The lowest BCUT2D eigenvalue weighted by Crippen LogP contribution is -2.17. The van der Waals surface area contributed by atoms with E-state index in [1.807, 2.05) is 63.1 Å². The molecule has 0 aliphatic heterocycles. The van der Waals surface area contributed by atoms with Crippen LogP contribution in [0.4, 0.5) is 17.6 Å². The van der Waals surface area contributed by atoms with Crippen molar-refractivity contribution < 1.29 is 14.2 Å². The Labute approximate surface area is 230 Å². The van der Waals surface area contributed by atoms with E-state index in [-0.39, 0.29) is 0 Å². The molecule has 38 heavy (non-hydrogen) atoms. The fraction of sp³-hybridized carbons (Fsp3) is 0.393. The highest BCUT2D eigenvalue weighted by Crippen LogP contribution is 2.36. The SMILES string of the molecule is CCOc1cc(/C=N\Nc2cc(N(C)C)nc(N(C)C)n2)cc(Cl)c1OCCOc1cc(C)cc(CC)c1. The first kappa shape index (κ1) is 28.8. The molecule has 0 fully saturated rings. The molecule has 2 aromatic carbocycles. The summed E-state index contributed by atoms with van der Waals surface area (Å²) in [4.78, 5) is 12.7. The molecule has 3 rings (SSSR count). The van der Waals surface area contributed by atoms with Gasteiger partial charge in [0.05, 0.1) is 17.8 Å². The second-order valence-corrected chi connectivity index (χ2v) is 9.45. The molecule has 0 saturated heterocycles. The molecule has 1 N–H and O–H groups in total. The van der Waals surface area contributed by atoms with Gasteiger partial charge in [0.1, 0.15) is 24.8 Å². The van der Waals surface area contributed by atoms with Crippen LogP contribution in [0.5, 0.6) is 17.2 Å². The van der Waals surface area contributed by atoms with E-state index >= 15 is 0 Å². The van der Waals surface area contributed by atoms with Crippen molar-refractivity contribution in [3.8, 4) is 17.2 Å². The molecule has 0 amide bonds. The molecular weight excluding hydrogens is 504 g/mol. The van der Waals surface area contributed by atoms with Crippen molar-refractivity contribution in [1.82, 2.24) is 9.97 Å². The average molecular weight is 541 g/mol. The van der Waals surface area contributed by atoms with Crippen molar-refractivity contribution in [3.63, 3.8) is 0 Å². The molecule has 0 saturated carbocycles. The number of aromatic nitrogens is 2. The average Bonchev–Trinajstić information content (AvgIpc) is 2.87. The topological polar surface area (TPSA) is 84.3 Å². The fourth-order valence-corrected chi connectivity index (χ4v) is 3.84. The van der Waals surface area contributed by atoms with Crippen molar-refractivity contribution in [2.24, 2.45) is 5.10 Å². The van der Waals surface area contributed by atoms with Crippen LogP contribution >= 0.6 is 11.6 Å². The quantitative estimate of drug-likeness (QED) is 0.174. The summed E-state index contributed by atoms with van der Waals surface area (Å²) in [5.41, 5.74) is 6.13. The van der Waals surface area contributed by atoms with Gasteiger partial charge in [-0.15, -0.1) is 0 Å². The highest BCUT2D eigenvalue weighted by Gasteiger charge is 2.13. The third-order valence-corrected chi connectivity index (χ3v) is 5.68. The van der Waals surface area contributed by atoms with Gasteiger partial charge < -0.3 is 24.0 Å². The van der Waals surface area contributed by atoms with Crippen LogP contribution in [0.1, 0.15) is 30.5 Å². The first-order valence-corrected chi connectivity index (χ1v) is 12.9. The van der Waals surface area contributed by atoms with Gasteiger partial charge in [0.25, 0.3) is 0 Å². The Morgan fingerprint density at radius 1 is 0.921 bits per heavy atom. The van der Waals surface area contributed by atoms with Crippen LogP contribution < -0.4 is 29.4 Å². The van der Waals surface area contributed by atoms with Crippen LogP contribution in [-0.4, -0.2) is 64.2 Å². The lowest BCUT2D eigenvalue weighted by molar-refractivity contribution is 0.208. The van der Waals surface area contributed by atoms with Crippen molar-refractivity contribution in [3.05, 3.63) is 58.1 Å². The molecule has 0 aliphatic rings. The molecule has 0 unspecified atom stereocenters. The van der Waals surface area contributed by atoms with Crippen LogP contribution in [0.25, 0.3) is 0 Å². The van der Waals surface area contributed by atoms with Crippen molar-refractivity contribution in [1.29, 1.82) is 0 Å². The Balaban J connectivity index is 1.68. The lowest BCUT2D eigenvalue weighted by Gasteiger charge is -2.17. The van der Waals surface area contributed by atoms with E-state index in [1.54, 1.807) is 12.3 Å². The second-order valence-electron chi connectivity index (χ2n) is 9.04. The number of nitrogens with one attached hydrogen (secondary N) is 1. The zero-order valence-electron chi connectivity index (χ0n) is 23.2. The number of benzene rings is 2. The highest BCUT2D eigenvalue weighted by molar-refractivity contribution is 6.32. The van der Waals surface area contributed by atoms with Gasteiger partial charge in [-0.2, -0.15) is 15.1 Å². The van der Waals surface area contributed by atoms with Crippen LogP contribution in [0.3, 0.4) is 0 Å². The van der Waals surface area contributed by atoms with Gasteiger partial charge in [0, 0.05) is 34.3 Å². The van der Waals surface area contributed by atoms with E-state index in [9.17, 15) is 0 Å². The van der Waals surface area contributed by atoms with Gasteiger partial charge in [-0.3, -0.25) is 5.43 Å². The summed E-state index contributed by atoms with van der Waals surface area (Å²) >= 11 is 6.57. The molecule has 3 aromatic rings. The van der Waals surface area contributed by atoms with E-state index in [1.165, 1.54) is 11.1 Å². The Hall–Kier alpha value is -3.72. The largest absolute Gasteiger partial charge is 0.490 e. The maximum absolute atomic E-state index is 6.57. The van der Waals surface area contributed by atoms with E-state index in [2.05, 4.69) is 46.5 Å². The molecule has 0 bridgehead atoms. The third-order valence-electron chi connectivity index (χ3n) is 5.40. The van der Waals surface area contributed by atoms with Crippen LogP contribution in [0, 0.1) is 6.92 Å². The number of halogens is 1. The minimum atomic E-state index is 0.320. The maximum atomic E-state index is 6.57. The Kier molecular flexibility index (Phi) is 10.4. The van der Waals surface area contributed by atoms with Crippen molar-refractivity contribution >= 4 is 35.4 Å². The van der Waals surface area contributed by atoms with E-state index < -0.39 is 0 Å². The smallest absolute Gasteiger partial charge is 0.228 e. The molecule has 0 atom stereocenters. The van der Waals surface area contributed by atoms with Gasteiger partial charge in [0.15, 0.2) is 17.3 Å². The van der Waals surface area contributed by atoms with Gasteiger partial charge in [-0.1, -0.05) is 24.6 Å². The molecule has 0 aliphatic carbocycles. The molecule has 1 aromatic heterocycles. The summed E-state index contributed by atoms with van der Waals surface area (Å²) in [7, 11) is 7.62. The predicted molar refractivity (Wildman–Crippen MR) is 156 cm³/mol.